The zero-order valence-corrected chi connectivity index (χ0v) is 10.2. The van der Waals surface area contributed by atoms with Gasteiger partial charge in [-0.05, 0) is 6.92 Å². The highest BCUT2D eigenvalue weighted by Gasteiger charge is 2.31. The molecule has 0 aromatic rings. The molecule has 8 heteroatoms. The third-order valence-electron chi connectivity index (χ3n) is 2.16. The molecule has 0 rings (SSSR count). The molecule has 0 fully saturated rings. The van der Waals surface area contributed by atoms with E-state index in [4.69, 9.17) is 5.11 Å². The van der Waals surface area contributed by atoms with Crippen LogP contribution in [-0.4, -0.2) is 55.6 Å². The fourth-order valence-electron chi connectivity index (χ4n) is 0.909. The Balaban J connectivity index is 4.54. The topological polar surface area (TPSA) is 104 Å². The molecule has 7 nitrogen and oxygen atoms in total. The van der Waals surface area contributed by atoms with Gasteiger partial charge in [0.2, 0.25) is 15.9 Å². The maximum atomic E-state index is 11.6. The molecule has 0 saturated carbocycles. The summed E-state index contributed by atoms with van der Waals surface area (Å²) in [4.78, 5) is 21.5. The molecule has 1 unspecified atom stereocenters. The highest BCUT2D eigenvalue weighted by Crippen LogP contribution is 2.07. The lowest BCUT2D eigenvalue weighted by atomic mass is 10.4. The number of nitrogens with zero attached hydrogens (tertiary/aromatic N) is 1. The first-order chi connectivity index (χ1) is 7.23. The van der Waals surface area contributed by atoms with Crippen molar-refractivity contribution < 1.29 is 23.1 Å². The summed E-state index contributed by atoms with van der Waals surface area (Å²) < 4.78 is 24.0. The molecule has 0 bridgehead atoms. The molecular weight excluding hydrogens is 236 g/mol. The van der Waals surface area contributed by atoms with Gasteiger partial charge in [0.25, 0.3) is 0 Å². The lowest BCUT2D eigenvalue weighted by molar-refractivity contribution is -0.136. The van der Waals surface area contributed by atoms with Crippen LogP contribution in [0.3, 0.4) is 0 Å². The second-order valence-corrected chi connectivity index (χ2v) is 5.63. The quantitative estimate of drug-likeness (QED) is 0.621. The Bertz CT molecular complexity index is 365. The van der Waals surface area contributed by atoms with Crippen LogP contribution >= 0.6 is 0 Å². The molecule has 0 aliphatic rings. The normalized spacial score (nSPS) is 13.5. The van der Waals surface area contributed by atoms with Crippen LogP contribution in [0.1, 0.15) is 13.3 Å². The van der Waals surface area contributed by atoms with Crippen LogP contribution in [-0.2, 0) is 19.6 Å². The smallest absolute Gasteiger partial charge is 0.323 e. The van der Waals surface area contributed by atoms with E-state index in [-0.39, 0.29) is 18.9 Å². The molecule has 16 heavy (non-hydrogen) atoms. The van der Waals surface area contributed by atoms with Gasteiger partial charge in [-0.3, -0.25) is 9.59 Å². The highest BCUT2D eigenvalue weighted by atomic mass is 32.2. The van der Waals surface area contributed by atoms with Crippen LogP contribution in [0.4, 0.5) is 0 Å². The predicted octanol–water partition coefficient (Wildman–Crippen LogP) is -1.14. The Hall–Kier alpha value is -1.15. The number of hydrogen-bond acceptors (Lipinski definition) is 4. The van der Waals surface area contributed by atoms with Crippen molar-refractivity contribution in [2.75, 3.05) is 20.6 Å². The van der Waals surface area contributed by atoms with Gasteiger partial charge in [0.05, 0.1) is 0 Å². The maximum Gasteiger partial charge on any atom is 0.323 e. The Morgan fingerprint density at radius 2 is 1.94 bits per heavy atom. The number of amides is 1. The van der Waals surface area contributed by atoms with Crippen LogP contribution in [0.15, 0.2) is 0 Å². The molecular formula is C8H16N2O5S. The van der Waals surface area contributed by atoms with Crippen molar-refractivity contribution in [3.8, 4) is 0 Å². The van der Waals surface area contributed by atoms with Crippen molar-refractivity contribution in [2.45, 2.75) is 18.6 Å². The van der Waals surface area contributed by atoms with E-state index in [0.29, 0.717) is 0 Å². The minimum atomic E-state index is -3.89. The number of carboxylic acids is 1. The van der Waals surface area contributed by atoms with E-state index < -0.39 is 21.2 Å². The summed E-state index contributed by atoms with van der Waals surface area (Å²) >= 11 is 0. The molecule has 0 aliphatic carbocycles. The molecule has 1 amide bonds. The van der Waals surface area contributed by atoms with E-state index >= 15 is 0 Å². The SMILES string of the molecule is CNC(=O)CCN(C)S(=O)(=O)C(C)C(=O)O. The number of carbonyl (C=O) groups excluding carboxylic acids is 1. The summed E-state index contributed by atoms with van der Waals surface area (Å²) in [5.41, 5.74) is 0. The number of carboxylic acid groups (broad SMARTS) is 1. The third-order valence-corrected chi connectivity index (χ3v) is 4.31. The van der Waals surface area contributed by atoms with Crippen molar-refractivity contribution >= 4 is 21.9 Å². The summed E-state index contributed by atoms with van der Waals surface area (Å²) in [7, 11) is -1.20. The average molecular weight is 252 g/mol. The second-order valence-electron chi connectivity index (χ2n) is 3.27. The first kappa shape index (κ1) is 14.8. The summed E-state index contributed by atoms with van der Waals surface area (Å²) in [5, 5.41) is 9.44. The van der Waals surface area contributed by atoms with E-state index in [1.807, 2.05) is 0 Å². The average Bonchev–Trinajstić information content (AvgIpc) is 2.23. The van der Waals surface area contributed by atoms with E-state index in [2.05, 4.69) is 5.32 Å². The number of aliphatic carboxylic acids is 1. The van der Waals surface area contributed by atoms with Crippen molar-refractivity contribution in [1.82, 2.24) is 9.62 Å². The number of carbonyl (C=O) groups is 2. The Morgan fingerprint density at radius 1 is 1.44 bits per heavy atom. The monoisotopic (exact) mass is 252 g/mol. The molecule has 1 atom stereocenters. The van der Waals surface area contributed by atoms with Gasteiger partial charge < -0.3 is 10.4 Å². The number of hydrogen-bond donors (Lipinski definition) is 2. The van der Waals surface area contributed by atoms with E-state index in [9.17, 15) is 18.0 Å². The zero-order chi connectivity index (χ0) is 12.9. The van der Waals surface area contributed by atoms with Gasteiger partial charge in [-0.1, -0.05) is 0 Å². The van der Waals surface area contributed by atoms with Gasteiger partial charge >= 0.3 is 5.97 Å². The van der Waals surface area contributed by atoms with E-state index in [1.165, 1.54) is 14.1 Å². The fourth-order valence-corrected chi connectivity index (χ4v) is 2.05. The number of nitrogens with one attached hydrogen (secondary N) is 1. The van der Waals surface area contributed by atoms with Gasteiger partial charge in [0, 0.05) is 27.1 Å². The number of sulfonamides is 1. The standard InChI is InChI=1S/C8H16N2O5S/c1-6(8(12)13)16(14,15)10(3)5-4-7(11)9-2/h6H,4-5H2,1-3H3,(H,9,11)(H,12,13). The predicted molar refractivity (Wildman–Crippen MR) is 57.3 cm³/mol. The van der Waals surface area contributed by atoms with Crippen LogP contribution in [0.25, 0.3) is 0 Å². The molecule has 2 N–H and O–H groups in total. The van der Waals surface area contributed by atoms with E-state index in [0.717, 1.165) is 11.2 Å². The number of rotatable bonds is 6. The zero-order valence-electron chi connectivity index (χ0n) is 9.43. The summed E-state index contributed by atoms with van der Waals surface area (Å²) in [6, 6.07) is 0. The molecule has 0 aliphatic heterocycles. The van der Waals surface area contributed by atoms with Crippen molar-refractivity contribution in [1.29, 1.82) is 0 Å². The van der Waals surface area contributed by atoms with E-state index in [1.54, 1.807) is 0 Å². The summed E-state index contributed by atoms with van der Waals surface area (Å²) in [6.45, 7) is 1.05. The highest BCUT2D eigenvalue weighted by molar-refractivity contribution is 7.90. The van der Waals surface area contributed by atoms with Crippen molar-refractivity contribution in [3.05, 3.63) is 0 Å². The molecule has 0 saturated heterocycles. The molecule has 94 valence electrons. The molecule has 0 aromatic carbocycles. The van der Waals surface area contributed by atoms with Crippen LogP contribution < -0.4 is 5.32 Å². The molecule has 0 aromatic heterocycles. The minimum Gasteiger partial charge on any atom is -0.480 e. The Kier molecular flexibility index (Phi) is 5.39. The minimum absolute atomic E-state index is 0.00142. The van der Waals surface area contributed by atoms with Crippen molar-refractivity contribution in [2.24, 2.45) is 0 Å². The second kappa shape index (κ2) is 5.80. The van der Waals surface area contributed by atoms with Gasteiger partial charge in [0.15, 0.2) is 5.25 Å². The lowest BCUT2D eigenvalue weighted by Crippen LogP contribution is -2.40. The maximum absolute atomic E-state index is 11.6. The van der Waals surface area contributed by atoms with Gasteiger partial charge in [-0.25, -0.2) is 12.7 Å². The molecule has 0 spiro atoms. The lowest BCUT2D eigenvalue weighted by Gasteiger charge is -2.19. The first-order valence-corrected chi connectivity index (χ1v) is 6.12. The van der Waals surface area contributed by atoms with Crippen molar-refractivity contribution in [3.63, 3.8) is 0 Å². The largest absolute Gasteiger partial charge is 0.480 e. The Labute approximate surface area is 94.5 Å². The van der Waals surface area contributed by atoms with Crippen LogP contribution in [0.2, 0.25) is 0 Å². The fraction of sp³-hybridized carbons (Fsp3) is 0.750. The summed E-state index contributed by atoms with van der Waals surface area (Å²) in [5.74, 6) is -1.71. The summed E-state index contributed by atoms with van der Waals surface area (Å²) in [6.07, 6.45) is -0.00142. The first-order valence-electron chi connectivity index (χ1n) is 4.62. The Morgan fingerprint density at radius 3 is 2.31 bits per heavy atom. The molecule has 0 heterocycles. The third kappa shape index (κ3) is 3.78. The van der Waals surface area contributed by atoms with Gasteiger partial charge in [-0.15, -0.1) is 0 Å². The van der Waals surface area contributed by atoms with Crippen LogP contribution in [0, 0.1) is 0 Å². The van der Waals surface area contributed by atoms with Crippen LogP contribution in [0.5, 0.6) is 0 Å². The van der Waals surface area contributed by atoms with Gasteiger partial charge in [-0.2, -0.15) is 0 Å². The molecule has 0 radical (unpaired) electrons. The van der Waals surface area contributed by atoms with Gasteiger partial charge in [0.1, 0.15) is 0 Å².